The number of rotatable bonds is 7. The maximum absolute atomic E-state index is 2.77. The Morgan fingerprint density at radius 3 is 1.78 bits per heavy atom. The molecule has 3 unspecified atom stereocenters. The van der Waals surface area contributed by atoms with Gasteiger partial charge in [-0.25, -0.2) is 0 Å². The van der Waals surface area contributed by atoms with Crippen molar-refractivity contribution in [3.05, 3.63) is 0 Å². The minimum absolute atomic E-state index is 0.616. The maximum atomic E-state index is 2.77. The van der Waals surface area contributed by atoms with Crippen molar-refractivity contribution < 1.29 is 0 Å². The van der Waals surface area contributed by atoms with Crippen molar-refractivity contribution in [2.24, 2.45) is 34.0 Å². The normalized spacial score (nSPS) is 35.4. The molecule has 4 aliphatic rings. The van der Waals surface area contributed by atoms with Crippen molar-refractivity contribution in [1.82, 2.24) is 0 Å². The predicted octanol–water partition coefficient (Wildman–Crippen LogP) is 8.93. The first-order valence-corrected chi connectivity index (χ1v) is 13.0. The van der Waals surface area contributed by atoms with E-state index in [1.807, 2.05) is 0 Å². The van der Waals surface area contributed by atoms with Crippen molar-refractivity contribution in [3.63, 3.8) is 0 Å². The SMILES string of the molecule is CCCC(CCC1CC2CCC1C2)(C1(C)CCCCC1)C1(C)CCCCC1. The molecule has 0 aromatic carbocycles. The van der Waals surface area contributed by atoms with Crippen molar-refractivity contribution in [2.75, 3.05) is 0 Å². The van der Waals surface area contributed by atoms with Gasteiger partial charge >= 0.3 is 0 Å². The largest absolute Gasteiger partial charge is 0.0654 e. The molecule has 0 spiro atoms. The third kappa shape index (κ3) is 3.54. The van der Waals surface area contributed by atoms with Gasteiger partial charge in [-0.15, -0.1) is 0 Å². The molecule has 4 saturated carbocycles. The molecule has 2 bridgehead atoms. The highest BCUT2D eigenvalue weighted by Gasteiger charge is 2.57. The Hall–Kier alpha value is 0. The molecule has 156 valence electrons. The van der Waals surface area contributed by atoms with Crippen molar-refractivity contribution in [2.45, 2.75) is 136 Å². The molecule has 0 N–H and O–H groups in total. The quantitative estimate of drug-likeness (QED) is 0.418. The molecule has 27 heavy (non-hydrogen) atoms. The lowest BCUT2D eigenvalue weighted by molar-refractivity contribution is -0.125. The summed E-state index contributed by atoms with van der Waals surface area (Å²) in [4.78, 5) is 0. The molecule has 0 saturated heterocycles. The van der Waals surface area contributed by atoms with Crippen molar-refractivity contribution in [1.29, 1.82) is 0 Å². The zero-order valence-electron chi connectivity index (χ0n) is 19.0. The van der Waals surface area contributed by atoms with Gasteiger partial charge in [0.1, 0.15) is 0 Å². The van der Waals surface area contributed by atoms with Crippen LogP contribution in [0.5, 0.6) is 0 Å². The van der Waals surface area contributed by atoms with E-state index in [4.69, 9.17) is 0 Å². The Morgan fingerprint density at radius 2 is 1.33 bits per heavy atom. The molecule has 0 heteroatoms. The number of fused-ring (bicyclic) bond motifs is 2. The Kier molecular flexibility index (Phi) is 6.03. The van der Waals surface area contributed by atoms with Crippen LogP contribution in [0.15, 0.2) is 0 Å². The zero-order chi connectivity index (χ0) is 19.0. The van der Waals surface area contributed by atoms with E-state index in [-0.39, 0.29) is 0 Å². The van der Waals surface area contributed by atoms with Crippen LogP contribution in [0.25, 0.3) is 0 Å². The van der Waals surface area contributed by atoms with Gasteiger partial charge in [-0.05, 0) is 98.2 Å². The maximum Gasteiger partial charge on any atom is -0.0190 e. The van der Waals surface area contributed by atoms with E-state index in [1.165, 1.54) is 77.0 Å². The van der Waals surface area contributed by atoms with Gasteiger partial charge in [-0.2, -0.15) is 0 Å². The van der Waals surface area contributed by atoms with Crippen LogP contribution in [0, 0.1) is 34.0 Å². The van der Waals surface area contributed by atoms with E-state index < -0.39 is 0 Å². The van der Waals surface area contributed by atoms with Gasteiger partial charge in [0.25, 0.3) is 0 Å². The summed E-state index contributed by atoms with van der Waals surface area (Å²) in [5.41, 5.74) is 1.85. The van der Waals surface area contributed by atoms with Crippen LogP contribution in [0.1, 0.15) is 136 Å². The molecule has 3 atom stereocenters. The number of hydrogen-bond acceptors (Lipinski definition) is 0. The first-order valence-electron chi connectivity index (χ1n) is 13.0. The monoisotopic (exact) mass is 372 g/mol. The molecular formula is C27H48. The van der Waals surface area contributed by atoms with E-state index >= 15 is 0 Å². The fourth-order valence-corrected chi connectivity index (χ4v) is 9.27. The summed E-state index contributed by atoms with van der Waals surface area (Å²) in [7, 11) is 0. The highest BCUT2D eigenvalue weighted by Crippen LogP contribution is 2.67. The highest BCUT2D eigenvalue weighted by atomic mass is 14.6. The summed E-state index contributed by atoms with van der Waals surface area (Å²) in [6.07, 6.45) is 27.5. The van der Waals surface area contributed by atoms with Crippen LogP contribution in [0.3, 0.4) is 0 Å². The van der Waals surface area contributed by atoms with E-state index in [2.05, 4.69) is 20.8 Å². The standard InChI is InChI=1S/C27H48/c1-4-14-27(25(2)15-7-5-8-16-25,26(3)17-9-6-10-18-26)19-13-24-21-22-11-12-23(24)20-22/h22-24H,4-21H2,1-3H3. The van der Waals surface area contributed by atoms with E-state index in [0.29, 0.717) is 16.2 Å². The predicted molar refractivity (Wildman–Crippen MR) is 118 cm³/mol. The average molecular weight is 373 g/mol. The summed E-state index contributed by atoms with van der Waals surface area (Å²) in [5, 5.41) is 0. The lowest BCUT2D eigenvalue weighted by Crippen LogP contribution is -2.53. The summed E-state index contributed by atoms with van der Waals surface area (Å²) in [6, 6.07) is 0. The Morgan fingerprint density at radius 1 is 0.741 bits per heavy atom. The molecule has 4 fully saturated rings. The molecule has 0 aromatic rings. The first kappa shape index (κ1) is 20.3. The van der Waals surface area contributed by atoms with Crippen LogP contribution in [-0.4, -0.2) is 0 Å². The van der Waals surface area contributed by atoms with E-state index in [1.54, 1.807) is 38.5 Å². The van der Waals surface area contributed by atoms with Gasteiger partial charge in [0.05, 0.1) is 0 Å². The fraction of sp³-hybridized carbons (Fsp3) is 1.00. The Labute approximate surface area is 170 Å². The minimum atomic E-state index is 0.616. The van der Waals surface area contributed by atoms with Crippen molar-refractivity contribution >= 4 is 0 Å². The van der Waals surface area contributed by atoms with Gasteiger partial charge in [0.15, 0.2) is 0 Å². The van der Waals surface area contributed by atoms with Gasteiger partial charge in [0, 0.05) is 0 Å². The summed E-state index contributed by atoms with van der Waals surface area (Å²) in [6.45, 7) is 8.02. The van der Waals surface area contributed by atoms with Crippen LogP contribution >= 0.6 is 0 Å². The van der Waals surface area contributed by atoms with Crippen molar-refractivity contribution in [3.8, 4) is 0 Å². The molecule has 0 heterocycles. The second kappa shape index (κ2) is 8.02. The van der Waals surface area contributed by atoms with E-state index in [9.17, 15) is 0 Å². The number of hydrogen-bond donors (Lipinski definition) is 0. The third-order valence-corrected chi connectivity index (χ3v) is 10.7. The van der Waals surface area contributed by atoms with Crippen LogP contribution in [0.4, 0.5) is 0 Å². The summed E-state index contributed by atoms with van der Waals surface area (Å²) >= 11 is 0. The minimum Gasteiger partial charge on any atom is -0.0654 e. The molecule has 0 amide bonds. The smallest absolute Gasteiger partial charge is 0.0190 e. The molecule has 0 aromatic heterocycles. The summed E-state index contributed by atoms with van der Waals surface area (Å²) < 4.78 is 0. The zero-order valence-corrected chi connectivity index (χ0v) is 19.0. The average Bonchev–Trinajstić information content (AvgIpc) is 3.29. The molecule has 0 nitrogen and oxygen atoms in total. The Balaban J connectivity index is 1.61. The first-order chi connectivity index (χ1) is 13.0. The van der Waals surface area contributed by atoms with E-state index in [0.717, 1.165) is 17.8 Å². The second-order valence-corrected chi connectivity index (χ2v) is 12.0. The van der Waals surface area contributed by atoms with Gasteiger partial charge < -0.3 is 0 Å². The topological polar surface area (TPSA) is 0 Å². The third-order valence-electron chi connectivity index (χ3n) is 10.7. The summed E-state index contributed by atoms with van der Waals surface area (Å²) in [5.74, 6) is 3.34. The molecule has 4 rings (SSSR count). The van der Waals surface area contributed by atoms with Crippen LogP contribution in [-0.2, 0) is 0 Å². The molecule has 0 radical (unpaired) electrons. The molecule has 4 aliphatic carbocycles. The van der Waals surface area contributed by atoms with Gasteiger partial charge in [-0.1, -0.05) is 72.1 Å². The highest BCUT2D eigenvalue weighted by molar-refractivity contribution is 5.07. The molecular weight excluding hydrogens is 324 g/mol. The van der Waals surface area contributed by atoms with Gasteiger partial charge in [-0.3, -0.25) is 0 Å². The second-order valence-electron chi connectivity index (χ2n) is 12.0. The Bertz CT molecular complexity index is 452. The van der Waals surface area contributed by atoms with Crippen LogP contribution in [0.2, 0.25) is 0 Å². The molecule has 0 aliphatic heterocycles. The fourth-order valence-electron chi connectivity index (χ4n) is 9.27. The lowest BCUT2D eigenvalue weighted by atomic mass is 9.42. The van der Waals surface area contributed by atoms with Gasteiger partial charge in [0.2, 0.25) is 0 Å². The lowest BCUT2D eigenvalue weighted by Gasteiger charge is -2.62. The van der Waals surface area contributed by atoms with Crippen LogP contribution < -0.4 is 0 Å².